The SMILES string of the molecule is C=C[C@H]1CC[C@H](c2ccc(-c3ccc(Cl)cc3)cc2)CC1. The van der Waals surface area contributed by atoms with Crippen molar-refractivity contribution in [3.8, 4) is 11.1 Å². The average molecular weight is 297 g/mol. The Morgan fingerprint density at radius 2 is 1.33 bits per heavy atom. The summed E-state index contributed by atoms with van der Waals surface area (Å²) in [5.41, 5.74) is 3.96. The minimum Gasteiger partial charge on any atom is -0.103 e. The number of rotatable bonds is 3. The Kier molecular flexibility index (Phi) is 4.45. The third-order valence-electron chi connectivity index (χ3n) is 4.66. The summed E-state index contributed by atoms with van der Waals surface area (Å²) < 4.78 is 0. The first kappa shape index (κ1) is 14.4. The molecule has 3 rings (SSSR count). The second-order valence-electron chi connectivity index (χ2n) is 5.98. The average Bonchev–Trinajstić information content (AvgIpc) is 2.56. The van der Waals surface area contributed by atoms with Crippen LogP contribution in [0.1, 0.15) is 37.2 Å². The highest BCUT2D eigenvalue weighted by Crippen LogP contribution is 2.36. The lowest BCUT2D eigenvalue weighted by Crippen LogP contribution is -2.11. The number of hydrogen-bond donors (Lipinski definition) is 0. The van der Waals surface area contributed by atoms with Gasteiger partial charge < -0.3 is 0 Å². The van der Waals surface area contributed by atoms with Gasteiger partial charge in [-0.25, -0.2) is 0 Å². The molecule has 0 amide bonds. The summed E-state index contributed by atoms with van der Waals surface area (Å²) >= 11 is 5.94. The molecule has 21 heavy (non-hydrogen) atoms. The number of allylic oxidation sites excluding steroid dienone is 1. The molecule has 0 bridgehead atoms. The Bertz CT molecular complexity index is 587. The van der Waals surface area contributed by atoms with Crippen LogP contribution in [-0.4, -0.2) is 0 Å². The summed E-state index contributed by atoms with van der Waals surface area (Å²) in [6.07, 6.45) is 7.27. The predicted molar refractivity (Wildman–Crippen MR) is 91.8 cm³/mol. The Morgan fingerprint density at radius 1 is 0.810 bits per heavy atom. The lowest BCUT2D eigenvalue weighted by molar-refractivity contribution is 0.376. The molecule has 0 atom stereocenters. The third kappa shape index (κ3) is 3.39. The van der Waals surface area contributed by atoms with Crippen molar-refractivity contribution in [2.75, 3.05) is 0 Å². The van der Waals surface area contributed by atoms with Crippen LogP contribution in [-0.2, 0) is 0 Å². The first-order valence-corrected chi connectivity index (χ1v) is 8.12. The van der Waals surface area contributed by atoms with Gasteiger partial charge in [0.1, 0.15) is 0 Å². The van der Waals surface area contributed by atoms with Crippen molar-refractivity contribution in [3.63, 3.8) is 0 Å². The van der Waals surface area contributed by atoms with Crippen molar-refractivity contribution in [1.82, 2.24) is 0 Å². The molecule has 2 aromatic carbocycles. The standard InChI is InChI=1S/C20H21Cl/c1-2-15-3-5-16(6-4-15)17-7-9-18(10-8-17)19-11-13-20(21)14-12-19/h2,7-16H,1,3-6H2/t15-,16-. The van der Waals surface area contributed by atoms with Crippen molar-refractivity contribution < 1.29 is 0 Å². The highest BCUT2D eigenvalue weighted by atomic mass is 35.5. The molecular formula is C20H21Cl. The van der Waals surface area contributed by atoms with Crippen molar-refractivity contribution >= 4 is 11.6 Å². The number of hydrogen-bond acceptors (Lipinski definition) is 0. The molecule has 1 heteroatoms. The molecule has 0 spiro atoms. The largest absolute Gasteiger partial charge is 0.103 e. The van der Waals surface area contributed by atoms with Crippen LogP contribution in [0.3, 0.4) is 0 Å². The molecule has 1 aliphatic carbocycles. The summed E-state index contributed by atoms with van der Waals surface area (Å²) in [6.45, 7) is 3.92. The molecule has 108 valence electrons. The van der Waals surface area contributed by atoms with Crippen LogP contribution in [0.2, 0.25) is 5.02 Å². The van der Waals surface area contributed by atoms with Crippen LogP contribution >= 0.6 is 11.6 Å². The van der Waals surface area contributed by atoms with Gasteiger partial charge in [-0.15, -0.1) is 6.58 Å². The van der Waals surface area contributed by atoms with Crippen LogP contribution in [0, 0.1) is 5.92 Å². The van der Waals surface area contributed by atoms with Gasteiger partial charge in [-0.3, -0.25) is 0 Å². The summed E-state index contributed by atoms with van der Waals surface area (Å²) in [5, 5.41) is 0.786. The van der Waals surface area contributed by atoms with Gasteiger partial charge in [-0.2, -0.15) is 0 Å². The van der Waals surface area contributed by atoms with E-state index in [1.165, 1.54) is 42.4 Å². The first-order chi connectivity index (χ1) is 10.3. The Labute approximate surface area is 132 Å². The molecule has 1 aliphatic rings. The van der Waals surface area contributed by atoms with Crippen molar-refractivity contribution in [1.29, 1.82) is 0 Å². The maximum atomic E-state index is 5.94. The summed E-state index contributed by atoms with van der Waals surface area (Å²) in [7, 11) is 0. The molecule has 0 radical (unpaired) electrons. The lowest BCUT2D eigenvalue weighted by atomic mass is 9.78. The smallest absolute Gasteiger partial charge is 0.0406 e. The predicted octanol–water partition coefficient (Wildman–Crippen LogP) is 6.47. The molecular weight excluding hydrogens is 276 g/mol. The maximum absolute atomic E-state index is 5.94. The van der Waals surface area contributed by atoms with Gasteiger partial charge >= 0.3 is 0 Å². The Hall–Kier alpha value is -1.53. The molecule has 0 saturated heterocycles. The van der Waals surface area contributed by atoms with Crippen LogP contribution in [0.5, 0.6) is 0 Å². The fraction of sp³-hybridized carbons (Fsp3) is 0.300. The maximum Gasteiger partial charge on any atom is 0.0406 e. The van der Waals surface area contributed by atoms with E-state index < -0.39 is 0 Å². The topological polar surface area (TPSA) is 0 Å². The summed E-state index contributed by atoms with van der Waals surface area (Å²) in [5.74, 6) is 1.45. The Morgan fingerprint density at radius 3 is 1.86 bits per heavy atom. The highest BCUT2D eigenvalue weighted by molar-refractivity contribution is 6.30. The van der Waals surface area contributed by atoms with E-state index in [0.29, 0.717) is 0 Å². The quantitative estimate of drug-likeness (QED) is 0.570. The van der Waals surface area contributed by atoms with Gasteiger partial charge in [0, 0.05) is 5.02 Å². The zero-order valence-electron chi connectivity index (χ0n) is 12.3. The molecule has 0 N–H and O–H groups in total. The van der Waals surface area contributed by atoms with E-state index in [2.05, 4.69) is 49.1 Å². The van der Waals surface area contributed by atoms with Gasteiger partial charge in [-0.05, 0) is 66.3 Å². The van der Waals surface area contributed by atoms with E-state index in [4.69, 9.17) is 11.6 Å². The van der Waals surface area contributed by atoms with Gasteiger partial charge in [0.2, 0.25) is 0 Å². The number of halogens is 1. The zero-order valence-corrected chi connectivity index (χ0v) is 13.0. The van der Waals surface area contributed by atoms with Crippen LogP contribution in [0.4, 0.5) is 0 Å². The minimum absolute atomic E-state index is 0.723. The van der Waals surface area contributed by atoms with Gasteiger partial charge in [0.15, 0.2) is 0 Å². The highest BCUT2D eigenvalue weighted by Gasteiger charge is 2.20. The fourth-order valence-electron chi connectivity index (χ4n) is 3.28. The summed E-state index contributed by atoms with van der Waals surface area (Å²) in [4.78, 5) is 0. The van der Waals surface area contributed by atoms with Crippen LogP contribution in [0.25, 0.3) is 11.1 Å². The second kappa shape index (κ2) is 6.49. The van der Waals surface area contributed by atoms with Gasteiger partial charge in [0.05, 0.1) is 0 Å². The van der Waals surface area contributed by atoms with Crippen molar-refractivity contribution in [2.45, 2.75) is 31.6 Å². The second-order valence-corrected chi connectivity index (χ2v) is 6.41. The molecule has 1 fully saturated rings. The van der Waals surface area contributed by atoms with Gasteiger partial charge in [0.25, 0.3) is 0 Å². The van der Waals surface area contributed by atoms with Crippen LogP contribution in [0.15, 0.2) is 61.2 Å². The molecule has 1 saturated carbocycles. The van der Waals surface area contributed by atoms with E-state index >= 15 is 0 Å². The molecule has 0 unspecified atom stereocenters. The van der Waals surface area contributed by atoms with E-state index in [0.717, 1.165) is 16.9 Å². The van der Waals surface area contributed by atoms with E-state index in [9.17, 15) is 0 Å². The summed E-state index contributed by atoms with van der Waals surface area (Å²) in [6, 6.07) is 17.1. The molecule has 0 nitrogen and oxygen atoms in total. The van der Waals surface area contributed by atoms with Crippen molar-refractivity contribution in [3.05, 3.63) is 71.8 Å². The van der Waals surface area contributed by atoms with Crippen LogP contribution < -0.4 is 0 Å². The monoisotopic (exact) mass is 296 g/mol. The van der Waals surface area contributed by atoms with Crippen molar-refractivity contribution in [2.24, 2.45) is 5.92 Å². The number of benzene rings is 2. The minimum atomic E-state index is 0.723. The lowest BCUT2D eigenvalue weighted by Gasteiger charge is -2.27. The first-order valence-electron chi connectivity index (χ1n) is 7.74. The van der Waals surface area contributed by atoms with E-state index in [1.54, 1.807) is 0 Å². The molecule has 0 aromatic heterocycles. The normalized spacial score (nSPS) is 22.0. The van der Waals surface area contributed by atoms with E-state index in [-0.39, 0.29) is 0 Å². The fourth-order valence-corrected chi connectivity index (χ4v) is 3.40. The van der Waals surface area contributed by atoms with Gasteiger partial charge in [-0.1, -0.05) is 54.1 Å². The molecule has 0 aliphatic heterocycles. The zero-order chi connectivity index (χ0) is 14.7. The molecule has 2 aromatic rings. The Balaban J connectivity index is 1.72. The van der Waals surface area contributed by atoms with E-state index in [1.807, 2.05) is 12.1 Å². The molecule has 0 heterocycles. The third-order valence-corrected chi connectivity index (χ3v) is 4.92.